The fraction of sp³-hybridized carbons (Fsp3) is 0.800. The van der Waals surface area contributed by atoms with Gasteiger partial charge in [0.2, 0.25) is 0 Å². The summed E-state index contributed by atoms with van der Waals surface area (Å²) in [6, 6.07) is 0. The minimum absolute atomic E-state index is 0.833. The fourth-order valence-electron chi connectivity index (χ4n) is 0.833. The van der Waals surface area contributed by atoms with Crippen molar-refractivity contribution in [2.75, 3.05) is 20.3 Å². The molecule has 0 spiro atoms. The summed E-state index contributed by atoms with van der Waals surface area (Å²) in [6.45, 7) is 3.97. The maximum Gasteiger partial charge on any atom is 0.184 e. The normalized spacial score (nSPS) is 20.7. The average molecular weight is 145 g/mol. The van der Waals surface area contributed by atoms with Gasteiger partial charge in [-0.15, -0.1) is 0 Å². The molecule has 0 radical (unpaired) electrons. The highest BCUT2D eigenvalue weighted by molar-refractivity contribution is 7.80. The lowest BCUT2D eigenvalue weighted by Gasteiger charge is -2.10. The van der Waals surface area contributed by atoms with E-state index in [-0.39, 0.29) is 0 Å². The van der Waals surface area contributed by atoms with Crippen LogP contribution < -0.4 is 5.43 Å². The van der Waals surface area contributed by atoms with Crippen LogP contribution in [0.5, 0.6) is 0 Å². The summed E-state index contributed by atoms with van der Waals surface area (Å²) in [5, 5.41) is 2.80. The van der Waals surface area contributed by atoms with Crippen LogP contribution in [0.4, 0.5) is 0 Å². The van der Waals surface area contributed by atoms with Crippen molar-refractivity contribution in [3.05, 3.63) is 0 Å². The predicted octanol–water partition coefficient (Wildman–Crippen LogP) is 0.000700. The van der Waals surface area contributed by atoms with E-state index in [0.29, 0.717) is 0 Å². The Morgan fingerprint density at radius 3 is 2.67 bits per heavy atom. The van der Waals surface area contributed by atoms with Crippen molar-refractivity contribution in [1.29, 1.82) is 0 Å². The minimum atomic E-state index is 0.833. The maximum atomic E-state index is 4.99. The zero-order chi connectivity index (χ0) is 6.85. The third-order valence-electron chi connectivity index (χ3n) is 1.34. The molecule has 1 fully saturated rings. The highest BCUT2D eigenvalue weighted by atomic mass is 32.1. The van der Waals surface area contributed by atoms with E-state index in [0.717, 1.165) is 18.3 Å². The fourth-order valence-corrected chi connectivity index (χ4v) is 1.18. The van der Waals surface area contributed by atoms with E-state index in [1.807, 2.05) is 12.1 Å². The molecule has 4 heteroatoms. The second kappa shape index (κ2) is 2.49. The second-order valence-electron chi connectivity index (χ2n) is 2.11. The molecule has 1 aliphatic heterocycles. The molecule has 3 nitrogen and oxygen atoms in total. The first-order valence-electron chi connectivity index (χ1n) is 3.00. The summed E-state index contributed by atoms with van der Waals surface area (Å²) in [4.78, 5) is 2.09. The lowest BCUT2D eigenvalue weighted by molar-refractivity contribution is 0.269. The quantitative estimate of drug-likeness (QED) is 0.523. The van der Waals surface area contributed by atoms with Crippen molar-refractivity contribution in [2.24, 2.45) is 0 Å². The SMILES string of the molecule is CCN1CN(C)NC1=S. The highest BCUT2D eigenvalue weighted by Crippen LogP contribution is 1.98. The lowest BCUT2D eigenvalue weighted by Crippen LogP contribution is -2.29. The first kappa shape index (κ1) is 6.77. The van der Waals surface area contributed by atoms with Gasteiger partial charge < -0.3 is 4.90 Å². The molecule has 0 aromatic rings. The maximum absolute atomic E-state index is 4.99. The number of hydrogen-bond donors (Lipinski definition) is 1. The van der Waals surface area contributed by atoms with E-state index < -0.39 is 0 Å². The topological polar surface area (TPSA) is 18.5 Å². The Labute approximate surface area is 60.6 Å². The zero-order valence-electron chi connectivity index (χ0n) is 5.72. The molecule has 9 heavy (non-hydrogen) atoms. The average Bonchev–Trinajstić information content (AvgIpc) is 2.10. The van der Waals surface area contributed by atoms with Gasteiger partial charge in [0, 0.05) is 13.6 Å². The third kappa shape index (κ3) is 1.31. The predicted molar refractivity (Wildman–Crippen MR) is 40.7 cm³/mol. The van der Waals surface area contributed by atoms with Crippen LogP contribution in [0.1, 0.15) is 6.92 Å². The minimum Gasteiger partial charge on any atom is -0.334 e. The van der Waals surface area contributed by atoms with Crippen LogP contribution in [0, 0.1) is 0 Å². The molecule has 0 unspecified atom stereocenters. The third-order valence-corrected chi connectivity index (χ3v) is 1.69. The van der Waals surface area contributed by atoms with Crippen LogP contribution in [0.15, 0.2) is 0 Å². The molecule has 0 atom stereocenters. The molecule has 1 heterocycles. The van der Waals surface area contributed by atoms with Crippen molar-refractivity contribution in [2.45, 2.75) is 6.92 Å². The summed E-state index contributed by atoms with van der Waals surface area (Å²) in [5.41, 5.74) is 3.01. The lowest BCUT2D eigenvalue weighted by atomic mass is 10.6. The molecule has 0 saturated carbocycles. The molecule has 0 aromatic carbocycles. The van der Waals surface area contributed by atoms with Crippen molar-refractivity contribution < 1.29 is 0 Å². The van der Waals surface area contributed by atoms with E-state index in [1.54, 1.807) is 0 Å². The largest absolute Gasteiger partial charge is 0.334 e. The molecule has 1 saturated heterocycles. The monoisotopic (exact) mass is 145 g/mol. The second-order valence-corrected chi connectivity index (χ2v) is 2.50. The Bertz CT molecular complexity index is 125. The van der Waals surface area contributed by atoms with Gasteiger partial charge in [-0.3, -0.25) is 5.43 Å². The van der Waals surface area contributed by atoms with Crippen molar-refractivity contribution >= 4 is 17.3 Å². The summed E-state index contributed by atoms with van der Waals surface area (Å²) in [5.74, 6) is 0. The van der Waals surface area contributed by atoms with Crippen LogP contribution in [0.2, 0.25) is 0 Å². The van der Waals surface area contributed by atoms with Crippen LogP contribution in [-0.4, -0.2) is 35.3 Å². The Morgan fingerprint density at radius 1 is 1.78 bits per heavy atom. The smallest absolute Gasteiger partial charge is 0.184 e. The van der Waals surface area contributed by atoms with Crippen molar-refractivity contribution in [3.63, 3.8) is 0 Å². The van der Waals surface area contributed by atoms with Gasteiger partial charge in [-0.2, -0.15) is 0 Å². The molecule has 0 aromatic heterocycles. The van der Waals surface area contributed by atoms with Gasteiger partial charge in [0.1, 0.15) is 0 Å². The Hall–Kier alpha value is -0.350. The number of nitrogens with zero attached hydrogens (tertiary/aromatic N) is 2. The standard InChI is InChI=1S/C5H11N3S/c1-3-8-4-7(2)6-5(8)9/h3-4H2,1-2H3,(H,6,9). The number of hydrogen-bond acceptors (Lipinski definition) is 2. The van der Waals surface area contributed by atoms with E-state index in [9.17, 15) is 0 Å². The molecule has 0 bridgehead atoms. The van der Waals surface area contributed by atoms with E-state index in [4.69, 9.17) is 12.2 Å². The Balaban J connectivity index is 2.48. The first-order chi connectivity index (χ1) is 4.24. The van der Waals surface area contributed by atoms with Gasteiger partial charge in [0.25, 0.3) is 0 Å². The molecular formula is C5H11N3S. The molecular weight excluding hydrogens is 134 g/mol. The molecule has 1 rings (SSSR count). The summed E-state index contributed by atoms with van der Waals surface area (Å²) in [7, 11) is 1.97. The van der Waals surface area contributed by atoms with Gasteiger partial charge in [-0.1, -0.05) is 0 Å². The summed E-state index contributed by atoms with van der Waals surface area (Å²) >= 11 is 4.99. The van der Waals surface area contributed by atoms with Crippen molar-refractivity contribution in [1.82, 2.24) is 15.3 Å². The van der Waals surface area contributed by atoms with Gasteiger partial charge in [0.15, 0.2) is 5.11 Å². The number of nitrogens with one attached hydrogen (secondary N) is 1. The van der Waals surface area contributed by atoms with E-state index >= 15 is 0 Å². The van der Waals surface area contributed by atoms with Crippen LogP contribution in [0.3, 0.4) is 0 Å². The van der Waals surface area contributed by atoms with Gasteiger partial charge in [-0.25, -0.2) is 5.01 Å². The van der Waals surface area contributed by atoms with Crippen LogP contribution in [-0.2, 0) is 0 Å². The first-order valence-corrected chi connectivity index (χ1v) is 3.41. The Morgan fingerprint density at radius 2 is 2.44 bits per heavy atom. The molecule has 1 N–H and O–H groups in total. The summed E-state index contributed by atoms with van der Waals surface area (Å²) in [6.07, 6.45) is 0. The number of hydrazine groups is 1. The van der Waals surface area contributed by atoms with Crippen LogP contribution >= 0.6 is 12.2 Å². The molecule has 0 amide bonds. The van der Waals surface area contributed by atoms with Crippen LogP contribution in [0.25, 0.3) is 0 Å². The number of rotatable bonds is 1. The van der Waals surface area contributed by atoms with Gasteiger partial charge in [-0.05, 0) is 19.1 Å². The van der Waals surface area contributed by atoms with Gasteiger partial charge in [0.05, 0.1) is 6.67 Å². The molecule has 0 aliphatic carbocycles. The van der Waals surface area contributed by atoms with Crippen molar-refractivity contribution in [3.8, 4) is 0 Å². The molecule has 1 aliphatic rings. The van der Waals surface area contributed by atoms with E-state index in [2.05, 4.69) is 17.2 Å². The van der Waals surface area contributed by atoms with Gasteiger partial charge >= 0.3 is 0 Å². The summed E-state index contributed by atoms with van der Waals surface area (Å²) < 4.78 is 0. The van der Waals surface area contributed by atoms with E-state index in [1.165, 1.54) is 0 Å². The number of thiocarbonyl (C=S) groups is 1. The zero-order valence-corrected chi connectivity index (χ0v) is 6.53. The Kier molecular flexibility index (Phi) is 1.87. The highest BCUT2D eigenvalue weighted by Gasteiger charge is 2.17. The molecule has 52 valence electrons.